The summed E-state index contributed by atoms with van der Waals surface area (Å²) in [5.41, 5.74) is 0.0107. The molecular weight excluding hydrogens is 224 g/mol. The van der Waals surface area contributed by atoms with Gasteiger partial charge in [-0.1, -0.05) is 12.1 Å². The van der Waals surface area contributed by atoms with Gasteiger partial charge in [-0.05, 0) is 12.1 Å². The minimum absolute atomic E-state index is 0.0512. The zero-order valence-corrected chi connectivity index (χ0v) is 9.05. The molecule has 0 bridgehead atoms. The third kappa shape index (κ3) is 2.61. The number of aromatic carboxylic acids is 1. The smallest absolute Gasteiger partial charge is 0.357 e. The molecule has 0 radical (unpaired) electrons. The Kier molecular flexibility index (Phi) is 3.36. The number of hydrogen-bond donors (Lipinski definition) is 2. The van der Waals surface area contributed by atoms with E-state index in [4.69, 9.17) is 9.94 Å². The van der Waals surface area contributed by atoms with Crippen molar-refractivity contribution in [1.82, 2.24) is 10.4 Å². The Morgan fingerprint density at radius 2 is 2.00 bits per heavy atom. The predicted molar refractivity (Wildman–Crippen MR) is 58.4 cm³/mol. The fourth-order valence-corrected chi connectivity index (χ4v) is 1.58. The quantitative estimate of drug-likeness (QED) is 0.786. The topological polar surface area (TPSA) is 78.9 Å². The van der Waals surface area contributed by atoms with Crippen LogP contribution in [0.1, 0.15) is 20.7 Å². The second-order valence-electron chi connectivity index (χ2n) is 3.59. The molecule has 6 heteroatoms. The zero-order valence-electron chi connectivity index (χ0n) is 9.05. The van der Waals surface area contributed by atoms with Gasteiger partial charge in [0.25, 0.3) is 0 Å². The van der Waals surface area contributed by atoms with E-state index in [1.165, 1.54) is 17.2 Å². The Labute approximate surface area is 97.7 Å². The van der Waals surface area contributed by atoms with E-state index in [0.29, 0.717) is 13.2 Å². The number of hydrogen-bond acceptors (Lipinski definition) is 5. The molecule has 0 unspecified atom stereocenters. The summed E-state index contributed by atoms with van der Waals surface area (Å²) in [4.78, 5) is 27.8. The Hall–Kier alpha value is -1.92. The Bertz CT molecular complexity index is 441. The minimum Gasteiger partial charge on any atom is -0.478 e. The summed E-state index contributed by atoms with van der Waals surface area (Å²) in [5, 5.41) is 13.4. The van der Waals surface area contributed by atoms with E-state index in [1.807, 2.05) is 0 Å². The molecule has 1 heterocycles. The van der Waals surface area contributed by atoms with Crippen LogP contribution in [-0.4, -0.2) is 41.9 Å². The lowest BCUT2D eigenvalue weighted by molar-refractivity contribution is -0.0936. The first kappa shape index (κ1) is 11.6. The van der Waals surface area contributed by atoms with Crippen LogP contribution in [0.3, 0.4) is 0 Å². The van der Waals surface area contributed by atoms with Crippen LogP contribution in [-0.2, 0) is 4.84 Å². The summed E-state index contributed by atoms with van der Waals surface area (Å²) >= 11 is 0. The molecule has 0 aromatic heterocycles. The molecule has 90 valence electrons. The van der Waals surface area contributed by atoms with Gasteiger partial charge in [-0.3, -0.25) is 0 Å². The molecule has 0 aliphatic carbocycles. The molecular formula is C11H12N2O4. The average Bonchev–Trinajstić information content (AvgIpc) is 2.81. The lowest BCUT2D eigenvalue weighted by Gasteiger charge is -2.14. The number of rotatable bonds is 3. The van der Waals surface area contributed by atoms with E-state index in [1.54, 1.807) is 12.1 Å². The van der Waals surface area contributed by atoms with Crippen LogP contribution in [0.4, 0.5) is 0 Å². The maximum absolute atomic E-state index is 11.8. The zero-order chi connectivity index (χ0) is 12.3. The Morgan fingerprint density at radius 3 is 2.59 bits per heavy atom. The molecule has 1 aromatic rings. The van der Waals surface area contributed by atoms with Gasteiger partial charge in [-0.25, -0.2) is 9.59 Å². The van der Waals surface area contributed by atoms with Crippen molar-refractivity contribution >= 4 is 11.9 Å². The molecule has 17 heavy (non-hydrogen) atoms. The Morgan fingerprint density at radius 1 is 1.29 bits per heavy atom. The first-order valence-corrected chi connectivity index (χ1v) is 5.19. The number of carbonyl (C=O) groups is 2. The summed E-state index contributed by atoms with van der Waals surface area (Å²) in [6.07, 6.45) is 0. The molecule has 6 nitrogen and oxygen atoms in total. The standard InChI is InChI=1S/C11H12N2O4/c14-10(15)8-3-1-2-4-9(8)11(16)17-13-6-5-12-7-13/h1-4,12H,5-7H2,(H,14,15). The van der Waals surface area contributed by atoms with Crippen LogP contribution in [0.25, 0.3) is 0 Å². The molecule has 1 saturated heterocycles. The van der Waals surface area contributed by atoms with Gasteiger partial charge in [0.15, 0.2) is 0 Å². The molecule has 0 saturated carbocycles. The number of carbonyl (C=O) groups excluding carboxylic acids is 1. The number of hydroxylamine groups is 2. The lowest BCUT2D eigenvalue weighted by atomic mass is 10.1. The maximum Gasteiger partial charge on any atom is 0.357 e. The number of carboxylic acids is 1. The van der Waals surface area contributed by atoms with Crippen LogP contribution in [0.5, 0.6) is 0 Å². The highest BCUT2D eigenvalue weighted by molar-refractivity contribution is 6.02. The van der Waals surface area contributed by atoms with Crippen LogP contribution >= 0.6 is 0 Å². The van der Waals surface area contributed by atoms with Gasteiger partial charge in [0.05, 0.1) is 17.8 Å². The highest BCUT2D eigenvalue weighted by Crippen LogP contribution is 2.11. The molecule has 1 aliphatic rings. The van der Waals surface area contributed by atoms with Gasteiger partial charge in [-0.2, -0.15) is 0 Å². The fraction of sp³-hybridized carbons (Fsp3) is 0.273. The number of benzene rings is 1. The average molecular weight is 236 g/mol. The number of nitrogens with zero attached hydrogens (tertiary/aromatic N) is 1. The first-order chi connectivity index (χ1) is 8.18. The van der Waals surface area contributed by atoms with Crippen molar-refractivity contribution in [2.45, 2.75) is 0 Å². The van der Waals surface area contributed by atoms with Crippen LogP contribution < -0.4 is 5.32 Å². The third-order valence-electron chi connectivity index (χ3n) is 2.42. The highest BCUT2D eigenvalue weighted by Gasteiger charge is 2.21. The maximum atomic E-state index is 11.8. The summed E-state index contributed by atoms with van der Waals surface area (Å²) in [7, 11) is 0. The number of carboxylic acid groups (broad SMARTS) is 1. The third-order valence-corrected chi connectivity index (χ3v) is 2.42. The van der Waals surface area contributed by atoms with E-state index >= 15 is 0 Å². The molecule has 1 fully saturated rings. The van der Waals surface area contributed by atoms with Crippen molar-refractivity contribution in [1.29, 1.82) is 0 Å². The SMILES string of the molecule is O=C(O)c1ccccc1C(=O)ON1CCNC1. The first-order valence-electron chi connectivity index (χ1n) is 5.19. The summed E-state index contributed by atoms with van der Waals surface area (Å²) in [6, 6.07) is 5.99. The van der Waals surface area contributed by atoms with E-state index in [0.717, 1.165) is 6.54 Å². The number of nitrogens with one attached hydrogen (secondary N) is 1. The van der Waals surface area contributed by atoms with Gasteiger partial charge in [-0.15, -0.1) is 5.06 Å². The van der Waals surface area contributed by atoms with E-state index in [9.17, 15) is 9.59 Å². The van der Waals surface area contributed by atoms with E-state index in [2.05, 4.69) is 5.32 Å². The van der Waals surface area contributed by atoms with Gasteiger partial charge < -0.3 is 15.3 Å². The lowest BCUT2D eigenvalue weighted by Crippen LogP contribution is -2.27. The molecule has 0 atom stereocenters. The van der Waals surface area contributed by atoms with E-state index < -0.39 is 11.9 Å². The van der Waals surface area contributed by atoms with Gasteiger partial charge in [0.2, 0.25) is 0 Å². The van der Waals surface area contributed by atoms with E-state index in [-0.39, 0.29) is 11.1 Å². The fourth-order valence-electron chi connectivity index (χ4n) is 1.58. The highest BCUT2D eigenvalue weighted by atomic mass is 16.7. The van der Waals surface area contributed by atoms with Crippen molar-refractivity contribution < 1.29 is 19.5 Å². The summed E-state index contributed by atoms with van der Waals surface area (Å²) in [5.74, 6) is -1.79. The minimum atomic E-state index is -1.14. The second-order valence-corrected chi connectivity index (χ2v) is 3.59. The molecule has 0 amide bonds. The van der Waals surface area contributed by atoms with Crippen LogP contribution in [0.15, 0.2) is 24.3 Å². The van der Waals surface area contributed by atoms with Gasteiger partial charge in [0.1, 0.15) is 0 Å². The van der Waals surface area contributed by atoms with Crippen molar-refractivity contribution in [3.63, 3.8) is 0 Å². The van der Waals surface area contributed by atoms with Crippen LogP contribution in [0.2, 0.25) is 0 Å². The van der Waals surface area contributed by atoms with Crippen LogP contribution in [0, 0.1) is 0 Å². The van der Waals surface area contributed by atoms with Crippen molar-refractivity contribution in [2.24, 2.45) is 0 Å². The van der Waals surface area contributed by atoms with Crippen molar-refractivity contribution in [3.8, 4) is 0 Å². The largest absolute Gasteiger partial charge is 0.478 e. The summed E-state index contributed by atoms with van der Waals surface area (Å²) < 4.78 is 0. The summed E-state index contributed by atoms with van der Waals surface area (Å²) in [6.45, 7) is 1.80. The second kappa shape index (κ2) is 4.94. The van der Waals surface area contributed by atoms with Crippen molar-refractivity contribution in [3.05, 3.63) is 35.4 Å². The molecule has 1 aliphatic heterocycles. The van der Waals surface area contributed by atoms with Gasteiger partial charge >= 0.3 is 11.9 Å². The Balaban J connectivity index is 2.15. The normalized spacial score (nSPS) is 15.8. The predicted octanol–water partition coefficient (Wildman–Crippen LogP) is 0.319. The molecule has 2 N–H and O–H groups in total. The monoisotopic (exact) mass is 236 g/mol. The molecule has 2 rings (SSSR count). The molecule has 1 aromatic carbocycles. The molecule has 0 spiro atoms. The van der Waals surface area contributed by atoms with Crippen molar-refractivity contribution in [2.75, 3.05) is 19.8 Å². The van der Waals surface area contributed by atoms with Gasteiger partial charge in [0, 0.05) is 13.1 Å².